The predicted molar refractivity (Wildman–Crippen MR) is 47.2 cm³/mol. The molecule has 0 heterocycles. The van der Waals surface area contributed by atoms with Crippen LogP contribution in [0.1, 0.15) is 6.92 Å². The van der Waals surface area contributed by atoms with E-state index in [4.69, 9.17) is 0 Å². The molecule has 0 aromatic rings. The lowest BCUT2D eigenvalue weighted by Crippen LogP contribution is -2.32. The Labute approximate surface area is 65.3 Å². The van der Waals surface area contributed by atoms with Gasteiger partial charge in [0, 0.05) is 29.4 Å². The quantitative estimate of drug-likeness (QED) is 0.402. The van der Waals surface area contributed by atoms with E-state index in [1.165, 1.54) is 0 Å². The topological polar surface area (TPSA) is 20.3 Å². The summed E-state index contributed by atoms with van der Waals surface area (Å²) in [5.74, 6) is 0.147. The first-order chi connectivity index (χ1) is 4.41. The number of carbonyl (C=O) groups excluding carboxylic acids is 1. The lowest BCUT2D eigenvalue weighted by Gasteiger charge is -2.23. The Balaban J connectivity index is 4.33. The van der Waals surface area contributed by atoms with Crippen LogP contribution < -0.4 is 0 Å². The third-order valence-corrected chi connectivity index (χ3v) is 2.30. The van der Waals surface area contributed by atoms with E-state index in [0.29, 0.717) is 0 Å². The maximum atomic E-state index is 11.3. The van der Waals surface area contributed by atoms with Crippen molar-refractivity contribution >= 4 is 16.1 Å². The van der Waals surface area contributed by atoms with Crippen molar-refractivity contribution in [1.29, 1.82) is 0 Å². The van der Waals surface area contributed by atoms with Crippen LogP contribution in [-0.2, 0) is 4.79 Å². The molecule has 1 atom stereocenters. The van der Waals surface area contributed by atoms with Crippen molar-refractivity contribution < 1.29 is 4.79 Å². The van der Waals surface area contributed by atoms with Gasteiger partial charge < -0.3 is 4.90 Å². The molecule has 1 unspecified atom stereocenters. The summed E-state index contributed by atoms with van der Waals surface area (Å²) in [4.78, 5) is 12.9. The molecule has 0 rings (SSSR count). The molecule has 0 N–H and O–H groups in total. The average Bonchev–Trinajstić information content (AvgIpc) is 1.86. The normalized spacial score (nSPS) is 15.9. The zero-order chi connectivity index (χ0) is 8.36. The SMILES string of the molecule is C=CC(C)([SiH3])C(=O)N(C)C. The molecule has 0 aromatic heterocycles. The fourth-order valence-corrected chi connectivity index (χ4v) is 1.11. The minimum atomic E-state index is -0.288. The van der Waals surface area contributed by atoms with E-state index in [-0.39, 0.29) is 10.9 Å². The molecule has 1 amide bonds. The summed E-state index contributed by atoms with van der Waals surface area (Å²) >= 11 is 0. The van der Waals surface area contributed by atoms with Gasteiger partial charge in [-0.3, -0.25) is 4.79 Å². The van der Waals surface area contributed by atoms with Crippen molar-refractivity contribution in [1.82, 2.24) is 4.90 Å². The summed E-state index contributed by atoms with van der Waals surface area (Å²) in [5.41, 5.74) is 0. The van der Waals surface area contributed by atoms with E-state index in [1.54, 1.807) is 25.1 Å². The van der Waals surface area contributed by atoms with Crippen LogP contribution >= 0.6 is 0 Å². The van der Waals surface area contributed by atoms with Crippen LogP contribution in [0.15, 0.2) is 12.7 Å². The number of amides is 1. The fourth-order valence-electron chi connectivity index (χ4n) is 0.664. The highest BCUT2D eigenvalue weighted by Gasteiger charge is 2.24. The van der Waals surface area contributed by atoms with E-state index < -0.39 is 0 Å². The van der Waals surface area contributed by atoms with E-state index >= 15 is 0 Å². The van der Waals surface area contributed by atoms with Gasteiger partial charge in [-0.15, -0.1) is 6.58 Å². The Hall–Kier alpha value is -0.573. The monoisotopic (exact) mass is 157 g/mol. The molecule has 2 nitrogen and oxygen atoms in total. The minimum absolute atomic E-state index is 0.147. The Morgan fingerprint density at radius 2 is 2.10 bits per heavy atom. The molecule has 0 saturated carbocycles. The Kier molecular flexibility index (Phi) is 2.84. The molecule has 0 spiro atoms. The molecule has 58 valence electrons. The van der Waals surface area contributed by atoms with Gasteiger partial charge in [0.15, 0.2) is 0 Å². The molecule has 0 fully saturated rings. The van der Waals surface area contributed by atoms with Crippen LogP contribution in [0.25, 0.3) is 0 Å². The van der Waals surface area contributed by atoms with Gasteiger partial charge in [0.25, 0.3) is 0 Å². The number of hydrogen-bond acceptors (Lipinski definition) is 1. The summed E-state index contributed by atoms with van der Waals surface area (Å²) in [7, 11) is 4.35. The molecular formula is C7H15NOSi. The standard InChI is InChI=1S/C7H15NOSi/c1-5-7(2,10)6(9)8(3)4/h5H,1H2,2-4,10H3. The summed E-state index contributed by atoms with van der Waals surface area (Å²) in [6.07, 6.45) is 1.72. The van der Waals surface area contributed by atoms with E-state index in [0.717, 1.165) is 10.2 Å². The van der Waals surface area contributed by atoms with E-state index in [1.807, 2.05) is 6.92 Å². The number of hydrogen-bond donors (Lipinski definition) is 0. The third-order valence-electron chi connectivity index (χ3n) is 1.47. The number of rotatable bonds is 2. The molecule has 0 saturated heterocycles. The summed E-state index contributed by atoms with van der Waals surface area (Å²) in [6.45, 7) is 5.53. The van der Waals surface area contributed by atoms with E-state index in [2.05, 4.69) is 6.58 Å². The average molecular weight is 157 g/mol. The zero-order valence-corrected chi connectivity index (χ0v) is 9.14. The van der Waals surface area contributed by atoms with Crippen molar-refractivity contribution in [3.05, 3.63) is 12.7 Å². The van der Waals surface area contributed by atoms with Crippen molar-refractivity contribution in [2.45, 2.75) is 12.0 Å². The summed E-state index contributed by atoms with van der Waals surface area (Å²) in [5, 5.41) is -0.288. The van der Waals surface area contributed by atoms with Gasteiger partial charge in [0.2, 0.25) is 5.91 Å². The van der Waals surface area contributed by atoms with Crippen LogP contribution in [-0.4, -0.2) is 35.1 Å². The lowest BCUT2D eigenvalue weighted by molar-refractivity contribution is -0.130. The largest absolute Gasteiger partial charge is 0.348 e. The number of nitrogens with zero attached hydrogens (tertiary/aromatic N) is 1. The highest BCUT2D eigenvalue weighted by molar-refractivity contribution is 6.29. The number of carbonyl (C=O) groups is 1. The smallest absolute Gasteiger partial charge is 0.227 e. The summed E-state index contributed by atoms with van der Waals surface area (Å²) in [6, 6.07) is 0. The predicted octanol–water partition coefficient (Wildman–Crippen LogP) is -0.195. The first-order valence-electron chi connectivity index (χ1n) is 3.27. The molecule has 10 heavy (non-hydrogen) atoms. The van der Waals surface area contributed by atoms with Crippen molar-refractivity contribution in [2.75, 3.05) is 14.1 Å². The van der Waals surface area contributed by atoms with Gasteiger partial charge in [-0.2, -0.15) is 0 Å². The molecule has 0 radical (unpaired) electrons. The molecule has 0 aromatic carbocycles. The fraction of sp³-hybridized carbons (Fsp3) is 0.571. The van der Waals surface area contributed by atoms with Crippen molar-refractivity contribution in [3.63, 3.8) is 0 Å². The molecular weight excluding hydrogens is 142 g/mol. The van der Waals surface area contributed by atoms with Gasteiger partial charge >= 0.3 is 0 Å². The Morgan fingerprint density at radius 1 is 1.70 bits per heavy atom. The highest BCUT2D eigenvalue weighted by Crippen LogP contribution is 2.22. The van der Waals surface area contributed by atoms with Gasteiger partial charge in [0.1, 0.15) is 0 Å². The molecule has 0 aliphatic rings. The maximum absolute atomic E-state index is 11.3. The Bertz CT molecular complexity index is 152. The van der Waals surface area contributed by atoms with Crippen LogP contribution in [0.4, 0.5) is 0 Å². The summed E-state index contributed by atoms with van der Waals surface area (Å²) < 4.78 is 0. The highest BCUT2D eigenvalue weighted by atomic mass is 28.1. The third kappa shape index (κ3) is 1.99. The molecule has 3 heteroatoms. The minimum Gasteiger partial charge on any atom is -0.348 e. The second-order valence-corrected chi connectivity index (χ2v) is 5.20. The Morgan fingerprint density at radius 3 is 2.20 bits per heavy atom. The van der Waals surface area contributed by atoms with E-state index in [9.17, 15) is 4.79 Å². The molecule has 0 aliphatic carbocycles. The van der Waals surface area contributed by atoms with Gasteiger partial charge in [-0.25, -0.2) is 0 Å². The second kappa shape index (κ2) is 3.01. The zero-order valence-electron chi connectivity index (χ0n) is 7.14. The van der Waals surface area contributed by atoms with Crippen LogP contribution in [0.5, 0.6) is 0 Å². The maximum Gasteiger partial charge on any atom is 0.227 e. The molecule has 0 bridgehead atoms. The van der Waals surface area contributed by atoms with Gasteiger partial charge in [-0.1, -0.05) is 13.0 Å². The first kappa shape index (κ1) is 9.43. The van der Waals surface area contributed by atoms with Crippen molar-refractivity contribution in [2.24, 2.45) is 0 Å². The van der Waals surface area contributed by atoms with Crippen LogP contribution in [0.3, 0.4) is 0 Å². The van der Waals surface area contributed by atoms with Crippen LogP contribution in [0.2, 0.25) is 5.04 Å². The van der Waals surface area contributed by atoms with Gasteiger partial charge in [-0.05, 0) is 0 Å². The first-order valence-corrected chi connectivity index (χ1v) is 4.27. The van der Waals surface area contributed by atoms with Gasteiger partial charge in [0.05, 0.1) is 0 Å². The second-order valence-electron chi connectivity index (χ2n) is 3.13. The van der Waals surface area contributed by atoms with Crippen molar-refractivity contribution in [3.8, 4) is 0 Å². The molecule has 0 aliphatic heterocycles. The van der Waals surface area contributed by atoms with Crippen LogP contribution in [0, 0.1) is 0 Å². The lowest BCUT2D eigenvalue weighted by atomic mass is 10.1.